The highest BCUT2D eigenvalue weighted by molar-refractivity contribution is 5.80. The second-order valence-electron chi connectivity index (χ2n) is 4.68. The molecule has 0 saturated heterocycles. The molecule has 4 nitrogen and oxygen atoms in total. The summed E-state index contributed by atoms with van der Waals surface area (Å²) in [5.74, 6) is -2.69. The van der Waals surface area contributed by atoms with Crippen molar-refractivity contribution in [3.8, 4) is 5.75 Å². The molecule has 2 N–H and O–H groups in total. The first-order valence-electron chi connectivity index (χ1n) is 5.94. The highest BCUT2D eigenvalue weighted by atomic mass is 19.2. The molecule has 1 aliphatic rings. The number of carbonyl (C=O) groups is 1. The van der Waals surface area contributed by atoms with E-state index in [0.717, 1.165) is 6.07 Å². The second kappa shape index (κ2) is 5.13. The highest BCUT2D eigenvalue weighted by Gasteiger charge is 2.44. The van der Waals surface area contributed by atoms with Crippen LogP contribution in [-0.2, 0) is 9.53 Å². The molecular formula is C13H15F2NO3. The van der Waals surface area contributed by atoms with Gasteiger partial charge in [0.1, 0.15) is 11.6 Å². The quantitative estimate of drug-likeness (QED) is 0.851. The van der Waals surface area contributed by atoms with Gasteiger partial charge in [-0.3, -0.25) is 4.79 Å². The van der Waals surface area contributed by atoms with Crippen LogP contribution in [0.2, 0.25) is 0 Å². The normalized spacial score (nSPS) is 26.2. The number of ether oxygens (including phenoxy) is 2. The summed E-state index contributed by atoms with van der Waals surface area (Å²) in [6.07, 6.45) is 0.666. The van der Waals surface area contributed by atoms with Crippen molar-refractivity contribution in [3.05, 3.63) is 29.8 Å². The van der Waals surface area contributed by atoms with Crippen molar-refractivity contribution in [2.45, 2.75) is 30.9 Å². The molecule has 0 bridgehead atoms. The molecule has 1 aliphatic carbocycles. The number of hydrogen-bond acceptors (Lipinski definition) is 4. The van der Waals surface area contributed by atoms with Crippen molar-refractivity contribution in [1.82, 2.24) is 0 Å². The fraction of sp³-hybridized carbons (Fsp3) is 0.462. The number of rotatable bonds is 3. The third kappa shape index (κ3) is 2.68. The van der Waals surface area contributed by atoms with E-state index in [2.05, 4.69) is 4.74 Å². The van der Waals surface area contributed by atoms with Gasteiger partial charge < -0.3 is 15.2 Å². The van der Waals surface area contributed by atoms with Crippen LogP contribution in [0.15, 0.2) is 18.2 Å². The molecule has 0 aromatic heterocycles. The van der Waals surface area contributed by atoms with Gasteiger partial charge in [0.2, 0.25) is 5.82 Å². The van der Waals surface area contributed by atoms with Crippen LogP contribution in [0.25, 0.3) is 0 Å². The van der Waals surface area contributed by atoms with Crippen molar-refractivity contribution >= 4 is 5.97 Å². The minimum atomic E-state index is -1.11. The van der Waals surface area contributed by atoms with Gasteiger partial charge in [0.25, 0.3) is 0 Å². The molecule has 0 spiro atoms. The topological polar surface area (TPSA) is 61.5 Å². The lowest BCUT2D eigenvalue weighted by Gasteiger charge is -2.21. The molecule has 1 fully saturated rings. The van der Waals surface area contributed by atoms with Crippen LogP contribution in [0.3, 0.4) is 0 Å². The van der Waals surface area contributed by atoms with Crippen LogP contribution in [0, 0.1) is 11.6 Å². The molecule has 0 radical (unpaired) electrons. The van der Waals surface area contributed by atoms with Crippen LogP contribution in [0.1, 0.15) is 19.3 Å². The summed E-state index contributed by atoms with van der Waals surface area (Å²) in [6.45, 7) is 0. The maximum absolute atomic E-state index is 13.4. The van der Waals surface area contributed by atoms with Crippen molar-refractivity contribution in [2.24, 2.45) is 5.73 Å². The molecule has 0 heterocycles. The van der Waals surface area contributed by atoms with E-state index in [1.165, 1.54) is 19.2 Å². The zero-order valence-electron chi connectivity index (χ0n) is 10.5. The lowest BCUT2D eigenvalue weighted by molar-refractivity contribution is -0.147. The predicted octanol–water partition coefficient (Wildman–Crippen LogP) is 1.77. The summed E-state index contributed by atoms with van der Waals surface area (Å²) in [5, 5.41) is 0. The van der Waals surface area contributed by atoms with Crippen LogP contribution in [0.4, 0.5) is 8.78 Å². The molecule has 0 amide bonds. The first-order valence-corrected chi connectivity index (χ1v) is 5.94. The predicted molar refractivity (Wildman–Crippen MR) is 63.6 cm³/mol. The fourth-order valence-corrected chi connectivity index (χ4v) is 2.27. The van der Waals surface area contributed by atoms with E-state index in [-0.39, 0.29) is 12.2 Å². The molecule has 6 heteroatoms. The number of benzene rings is 1. The van der Waals surface area contributed by atoms with Crippen LogP contribution in [0.5, 0.6) is 5.75 Å². The Morgan fingerprint density at radius 1 is 1.47 bits per heavy atom. The van der Waals surface area contributed by atoms with Crippen LogP contribution >= 0.6 is 0 Å². The maximum atomic E-state index is 13.4. The minimum absolute atomic E-state index is 0.167. The zero-order chi connectivity index (χ0) is 14.0. The number of methoxy groups -OCH3 is 1. The Balaban J connectivity index is 2.06. The lowest BCUT2D eigenvalue weighted by atomic mass is 10.00. The fourth-order valence-electron chi connectivity index (χ4n) is 2.27. The van der Waals surface area contributed by atoms with Gasteiger partial charge in [0.05, 0.1) is 7.11 Å². The van der Waals surface area contributed by atoms with E-state index in [1.807, 2.05) is 0 Å². The Labute approximate surface area is 109 Å². The van der Waals surface area contributed by atoms with E-state index < -0.39 is 29.2 Å². The number of nitrogens with two attached hydrogens (primary N) is 1. The van der Waals surface area contributed by atoms with Crippen molar-refractivity contribution < 1.29 is 23.0 Å². The first kappa shape index (κ1) is 13.7. The minimum Gasteiger partial charge on any atom is -0.487 e. The molecule has 2 rings (SSSR count). The largest absolute Gasteiger partial charge is 0.487 e. The average Bonchev–Trinajstić information content (AvgIpc) is 2.77. The first-order chi connectivity index (χ1) is 8.96. The number of carbonyl (C=O) groups excluding carboxylic acids is 1. The van der Waals surface area contributed by atoms with E-state index in [9.17, 15) is 13.6 Å². The third-order valence-corrected chi connectivity index (χ3v) is 3.31. The Hall–Kier alpha value is -1.69. The Morgan fingerprint density at radius 3 is 2.89 bits per heavy atom. The van der Waals surface area contributed by atoms with Crippen molar-refractivity contribution in [3.63, 3.8) is 0 Å². The second-order valence-corrected chi connectivity index (χ2v) is 4.68. The van der Waals surface area contributed by atoms with Crippen molar-refractivity contribution in [1.29, 1.82) is 0 Å². The van der Waals surface area contributed by atoms with Gasteiger partial charge in [-0.25, -0.2) is 4.39 Å². The standard InChI is InChI=1S/C13H15F2NO3/c1-18-12(17)13(16)6-5-8(7-13)19-10-4-2-3-9(14)11(10)15/h2-4,8H,5-7,16H2,1H3. The zero-order valence-corrected chi connectivity index (χ0v) is 10.5. The molecule has 0 aliphatic heterocycles. The summed E-state index contributed by atoms with van der Waals surface area (Å²) in [6, 6.07) is 3.71. The van der Waals surface area contributed by atoms with Gasteiger partial charge in [0.15, 0.2) is 11.6 Å². The van der Waals surface area contributed by atoms with Gasteiger partial charge >= 0.3 is 5.97 Å². The molecule has 1 aromatic rings. The molecule has 19 heavy (non-hydrogen) atoms. The molecule has 2 unspecified atom stereocenters. The molecular weight excluding hydrogens is 256 g/mol. The summed E-state index contributed by atoms with van der Waals surface area (Å²) in [4.78, 5) is 11.5. The van der Waals surface area contributed by atoms with Gasteiger partial charge in [-0.15, -0.1) is 0 Å². The summed E-state index contributed by atoms with van der Waals surface area (Å²) >= 11 is 0. The monoisotopic (exact) mass is 271 g/mol. The van der Waals surface area contributed by atoms with Crippen LogP contribution in [-0.4, -0.2) is 24.7 Å². The van der Waals surface area contributed by atoms with Gasteiger partial charge in [0, 0.05) is 6.42 Å². The van der Waals surface area contributed by atoms with E-state index in [1.54, 1.807) is 0 Å². The Bertz CT molecular complexity index is 495. The number of halogens is 2. The van der Waals surface area contributed by atoms with E-state index in [0.29, 0.717) is 12.8 Å². The smallest absolute Gasteiger partial charge is 0.325 e. The molecule has 1 aromatic carbocycles. The summed E-state index contributed by atoms with van der Waals surface area (Å²) in [7, 11) is 1.26. The molecule has 1 saturated carbocycles. The molecule has 2 atom stereocenters. The van der Waals surface area contributed by atoms with Gasteiger partial charge in [-0.2, -0.15) is 4.39 Å². The SMILES string of the molecule is COC(=O)C1(N)CCC(Oc2cccc(F)c2F)C1. The Kier molecular flexibility index (Phi) is 3.71. The Morgan fingerprint density at radius 2 is 2.21 bits per heavy atom. The maximum Gasteiger partial charge on any atom is 0.325 e. The summed E-state index contributed by atoms with van der Waals surface area (Å²) in [5.41, 5.74) is 4.79. The summed E-state index contributed by atoms with van der Waals surface area (Å²) < 4.78 is 36.5. The van der Waals surface area contributed by atoms with E-state index >= 15 is 0 Å². The lowest BCUT2D eigenvalue weighted by Crippen LogP contribution is -2.47. The van der Waals surface area contributed by atoms with Crippen LogP contribution < -0.4 is 10.5 Å². The number of hydrogen-bond donors (Lipinski definition) is 1. The highest BCUT2D eigenvalue weighted by Crippen LogP contribution is 2.32. The molecule has 104 valence electrons. The van der Waals surface area contributed by atoms with Gasteiger partial charge in [-0.05, 0) is 25.0 Å². The van der Waals surface area contributed by atoms with E-state index in [4.69, 9.17) is 10.5 Å². The third-order valence-electron chi connectivity index (χ3n) is 3.31. The number of esters is 1. The van der Waals surface area contributed by atoms with Crippen molar-refractivity contribution in [2.75, 3.05) is 7.11 Å². The average molecular weight is 271 g/mol. The van der Waals surface area contributed by atoms with Gasteiger partial charge in [-0.1, -0.05) is 6.07 Å².